The second kappa shape index (κ2) is 7.78. The zero-order chi connectivity index (χ0) is 19.8. The molecule has 140 valence electrons. The van der Waals surface area contributed by atoms with Crippen molar-refractivity contribution in [2.75, 3.05) is 0 Å². The summed E-state index contributed by atoms with van der Waals surface area (Å²) < 4.78 is 29.9. The van der Waals surface area contributed by atoms with Gasteiger partial charge < -0.3 is 0 Å². The van der Waals surface area contributed by atoms with Gasteiger partial charge in [-0.25, -0.2) is 12.4 Å². The molecule has 0 aliphatic carbocycles. The monoisotopic (exact) mass is 507 g/mol. The molecule has 0 amide bonds. The van der Waals surface area contributed by atoms with E-state index in [1.807, 2.05) is 69.3 Å². The zero-order valence-electron chi connectivity index (χ0n) is 15.2. The molecule has 0 bridgehead atoms. The van der Waals surface area contributed by atoms with E-state index < -0.39 is 10.0 Å². The highest BCUT2D eigenvalue weighted by Crippen LogP contribution is 2.35. The van der Waals surface area contributed by atoms with Crippen LogP contribution in [0.5, 0.6) is 0 Å². The van der Waals surface area contributed by atoms with Crippen LogP contribution < -0.4 is 0 Å². The van der Waals surface area contributed by atoms with Gasteiger partial charge in [0.2, 0.25) is 0 Å². The lowest BCUT2D eigenvalue weighted by Crippen LogP contribution is -2.12. The number of fused-ring (bicyclic) bond motifs is 3. The van der Waals surface area contributed by atoms with Crippen molar-refractivity contribution in [1.82, 2.24) is 3.97 Å². The Labute approximate surface area is 176 Å². The number of aromatic nitrogens is 1. The van der Waals surface area contributed by atoms with E-state index >= 15 is 0 Å². The van der Waals surface area contributed by atoms with Gasteiger partial charge in [0, 0.05) is 19.7 Å². The fraction of sp³-hybridized carbons (Fsp3) is 0.143. The van der Waals surface area contributed by atoms with Gasteiger partial charge >= 0.3 is 0 Å². The first-order chi connectivity index (χ1) is 12.9. The van der Waals surface area contributed by atoms with E-state index in [1.54, 1.807) is 12.1 Å². The van der Waals surface area contributed by atoms with Crippen LogP contribution in [0.1, 0.15) is 19.4 Å². The van der Waals surface area contributed by atoms with Gasteiger partial charge in [0.25, 0.3) is 10.0 Å². The summed E-state index contributed by atoms with van der Waals surface area (Å²) in [5.74, 6) is 0. The van der Waals surface area contributed by atoms with Crippen LogP contribution >= 0.6 is 31.9 Å². The third-order valence-electron chi connectivity index (χ3n) is 4.20. The van der Waals surface area contributed by atoms with Crippen LogP contribution in [-0.4, -0.2) is 12.4 Å². The molecule has 3 aromatic carbocycles. The van der Waals surface area contributed by atoms with Crippen molar-refractivity contribution in [2.45, 2.75) is 25.7 Å². The van der Waals surface area contributed by atoms with Crippen LogP contribution in [0.15, 0.2) is 74.5 Å². The van der Waals surface area contributed by atoms with Gasteiger partial charge in [-0.05, 0) is 55.5 Å². The molecule has 27 heavy (non-hydrogen) atoms. The summed E-state index contributed by atoms with van der Waals surface area (Å²) in [5.41, 5.74) is 2.35. The first-order valence-corrected chi connectivity index (χ1v) is 11.6. The number of benzene rings is 3. The molecule has 0 saturated heterocycles. The molecule has 0 spiro atoms. The minimum absolute atomic E-state index is 0.280. The lowest BCUT2D eigenvalue weighted by Gasteiger charge is -2.09. The summed E-state index contributed by atoms with van der Waals surface area (Å²) in [6.07, 6.45) is 0. The highest BCUT2D eigenvalue weighted by molar-refractivity contribution is 9.10. The lowest BCUT2D eigenvalue weighted by atomic mass is 10.2. The average Bonchev–Trinajstić information content (AvgIpc) is 2.97. The van der Waals surface area contributed by atoms with E-state index in [0.717, 1.165) is 25.3 Å². The van der Waals surface area contributed by atoms with Crippen molar-refractivity contribution in [3.05, 3.63) is 75.2 Å². The summed E-state index contributed by atoms with van der Waals surface area (Å²) in [6, 6.07) is 18.2. The molecular weight excluding hydrogens is 490 g/mol. The SMILES string of the molecule is CC.Cc1ccc(S(=O)(=O)n2c3ccc(Br)cc3c3cc(Br)ccc32)cc1. The molecular formula is C21H19Br2NO2S. The second-order valence-corrected chi connectivity index (χ2v) is 9.52. The first-order valence-electron chi connectivity index (χ1n) is 8.59. The maximum Gasteiger partial charge on any atom is 0.268 e. The van der Waals surface area contributed by atoms with Crippen molar-refractivity contribution in [3.8, 4) is 0 Å². The Kier molecular flexibility index (Phi) is 5.79. The summed E-state index contributed by atoms with van der Waals surface area (Å²) in [7, 11) is -3.71. The van der Waals surface area contributed by atoms with Gasteiger partial charge in [0.05, 0.1) is 15.9 Å². The normalized spacial score (nSPS) is 11.4. The van der Waals surface area contributed by atoms with E-state index in [-0.39, 0.29) is 4.90 Å². The maximum absolute atomic E-state index is 13.3. The Hall–Kier alpha value is -1.63. The Morgan fingerprint density at radius 1 is 0.741 bits per heavy atom. The predicted molar refractivity (Wildman–Crippen MR) is 120 cm³/mol. The van der Waals surface area contributed by atoms with Crippen LogP contribution in [0.3, 0.4) is 0 Å². The molecule has 0 atom stereocenters. The fourth-order valence-electron chi connectivity index (χ4n) is 3.01. The highest BCUT2D eigenvalue weighted by atomic mass is 79.9. The van der Waals surface area contributed by atoms with Crippen LogP contribution in [0.4, 0.5) is 0 Å². The van der Waals surface area contributed by atoms with Gasteiger partial charge in [-0.15, -0.1) is 0 Å². The molecule has 0 N–H and O–H groups in total. The van der Waals surface area contributed by atoms with Crippen molar-refractivity contribution >= 4 is 63.7 Å². The smallest absolute Gasteiger partial charge is 0.233 e. The number of hydrogen-bond donors (Lipinski definition) is 0. The molecule has 3 nitrogen and oxygen atoms in total. The quantitative estimate of drug-likeness (QED) is 0.295. The molecule has 1 aromatic heterocycles. The molecule has 0 aliphatic heterocycles. The molecule has 6 heteroatoms. The van der Waals surface area contributed by atoms with Crippen molar-refractivity contribution in [1.29, 1.82) is 0 Å². The molecule has 4 aromatic rings. The minimum Gasteiger partial charge on any atom is -0.233 e. The Morgan fingerprint density at radius 2 is 1.19 bits per heavy atom. The molecule has 4 rings (SSSR count). The van der Waals surface area contributed by atoms with E-state index in [2.05, 4.69) is 31.9 Å². The largest absolute Gasteiger partial charge is 0.268 e. The number of halogens is 2. The predicted octanol–water partition coefficient (Wildman–Crippen LogP) is 6.89. The van der Waals surface area contributed by atoms with Crippen LogP contribution in [-0.2, 0) is 10.0 Å². The molecule has 0 aliphatic rings. The van der Waals surface area contributed by atoms with Crippen molar-refractivity contribution in [3.63, 3.8) is 0 Å². The number of aryl methyl sites for hydroxylation is 1. The average molecular weight is 509 g/mol. The fourth-order valence-corrected chi connectivity index (χ4v) is 5.26. The lowest BCUT2D eigenvalue weighted by molar-refractivity contribution is 0.590. The summed E-state index contributed by atoms with van der Waals surface area (Å²) in [6.45, 7) is 5.94. The molecule has 0 fully saturated rings. The Bertz CT molecular complexity index is 1170. The van der Waals surface area contributed by atoms with E-state index in [4.69, 9.17) is 0 Å². The highest BCUT2D eigenvalue weighted by Gasteiger charge is 2.23. The topological polar surface area (TPSA) is 39.1 Å². The standard InChI is InChI=1S/C19H13Br2NO2S.C2H6/c1-12-2-6-15(7-3-12)25(23,24)22-18-8-4-13(20)10-16(18)17-11-14(21)5-9-19(17)22;1-2/h2-11H,1H3;1-2H3. The Morgan fingerprint density at radius 3 is 1.63 bits per heavy atom. The summed E-state index contributed by atoms with van der Waals surface area (Å²) >= 11 is 6.96. The van der Waals surface area contributed by atoms with Gasteiger partial charge in [0.15, 0.2) is 0 Å². The Balaban J connectivity index is 0.00000102. The molecule has 0 radical (unpaired) electrons. The van der Waals surface area contributed by atoms with Crippen LogP contribution in [0.2, 0.25) is 0 Å². The van der Waals surface area contributed by atoms with E-state index in [0.29, 0.717) is 11.0 Å². The summed E-state index contributed by atoms with van der Waals surface area (Å²) in [5, 5.41) is 1.78. The number of hydrogen-bond acceptors (Lipinski definition) is 2. The van der Waals surface area contributed by atoms with Crippen LogP contribution in [0, 0.1) is 6.92 Å². The maximum atomic E-state index is 13.3. The minimum atomic E-state index is -3.71. The van der Waals surface area contributed by atoms with E-state index in [9.17, 15) is 8.42 Å². The molecule has 0 unspecified atom stereocenters. The van der Waals surface area contributed by atoms with Crippen molar-refractivity contribution in [2.24, 2.45) is 0 Å². The zero-order valence-corrected chi connectivity index (χ0v) is 19.2. The second-order valence-electron chi connectivity index (χ2n) is 5.91. The number of nitrogens with zero attached hydrogens (tertiary/aromatic N) is 1. The van der Waals surface area contributed by atoms with Crippen LogP contribution in [0.25, 0.3) is 21.8 Å². The van der Waals surface area contributed by atoms with Gasteiger partial charge in [-0.3, -0.25) is 0 Å². The van der Waals surface area contributed by atoms with E-state index in [1.165, 1.54) is 3.97 Å². The molecule has 0 saturated carbocycles. The summed E-state index contributed by atoms with van der Waals surface area (Å²) in [4.78, 5) is 0.280. The third-order valence-corrected chi connectivity index (χ3v) is 6.93. The first kappa shape index (κ1) is 20.1. The third kappa shape index (κ3) is 3.58. The number of rotatable bonds is 2. The van der Waals surface area contributed by atoms with Gasteiger partial charge in [-0.1, -0.05) is 63.4 Å². The van der Waals surface area contributed by atoms with Gasteiger partial charge in [0.1, 0.15) is 0 Å². The molecule has 1 heterocycles. The van der Waals surface area contributed by atoms with Gasteiger partial charge in [-0.2, -0.15) is 0 Å². The van der Waals surface area contributed by atoms with Crippen molar-refractivity contribution < 1.29 is 8.42 Å².